The van der Waals surface area contributed by atoms with Crippen LogP contribution in [-0.4, -0.2) is 4.98 Å². The Morgan fingerprint density at radius 1 is 1.18 bits per heavy atom. The predicted molar refractivity (Wildman–Crippen MR) is 74.6 cm³/mol. The van der Waals surface area contributed by atoms with Crippen molar-refractivity contribution in [2.45, 2.75) is 33.2 Å². The lowest BCUT2D eigenvalue weighted by Gasteiger charge is -2.09. The lowest BCUT2D eigenvalue weighted by molar-refractivity contribution is 1.08. The van der Waals surface area contributed by atoms with Crippen LogP contribution in [0.4, 0.5) is 5.69 Å². The first-order valence-electron chi connectivity index (χ1n) is 6.08. The molecule has 17 heavy (non-hydrogen) atoms. The Balaban J connectivity index is 2.01. The van der Waals surface area contributed by atoms with Gasteiger partial charge < -0.3 is 5.32 Å². The first-order chi connectivity index (χ1) is 8.33. The highest BCUT2D eigenvalue weighted by molar-refractivity contribution is 7.11. The summed E-state index contributed by atoms with van der Waals surface area (Å²) in [6.45, 7) is 5.19. The molecule has 0 spiro atoms. The number of aromatic nitrogens is 1. The molecule has 0 atom stereocenters. The standard InChI is InChI=1S/C14H18N2S/c1-3-11-7-5-6-8-13(11)15-9-12-10-16-14(4-2)17-12/h5-8,10,15H,3-4,9H2,1-2H3. The molecule has 0 unspecified atom stereocenters. The highest BCUT2D eigenvalue weighted by atomic mass is 32.1. The fourth-order valence-corrected chi connectivity index (χ4v) is 2.58. The van der Waals surface area contributed by atoms with Gasteiger partial charge in [0, 0.05) is 16.8 Å². The van der Waals surface area contributed by atoms with Gasteiger partial charge in [0.1, 0.15) is 0 Å². The maximum atomic E-state index is 4.37. The topological polar surface area (TPSA) is 24.9 Å². The average molecular weight is 246 g/mol. The van der Waals surface area contributed by atoms with Crippen LogP contribution in [-0.2, 0) is 19.4 Å². The number of thiazole rings is 1. The monoisotopic (exact) mass is 246 g/mol. The maximum Gasteiger partial charge on any atom is 0.0925 e. The molecule has 0 aliphatic carbocycles. The molecule has 2 aromatic rings. The van der Waals surface area contributed by atoms with Gasteiger partial charge in [0.15, 0.2) is 0 Å². The van der Waals surface area contributed by atoms with Gasteiger partial charge in [0.2, 0.25) is 0 Å². The predicted octanol–water partition coefficient (Wildman–Crippen LogP) is 3.88. The van der Waals surface area contributed by atoms with E-state index in [0.717, 1.165) is 19.4 Å². The van der Waals surface area contributed by atoms with Crippen LogP contribution in [0.15, 0.2) is 30.5 Å². The van der Waals surface area contributed by atoms with Crippen LogP contribution in [0.5, 0.6) is 0 Å². The second kappa shape index (κ2) is 5.82. The van der Waals surface area contributed by atoms with E-state index in [9.17, 15) is 0 Å². The van der Waals surface area contributed by atoms with E-state index in [-0.39, 0.29) is 0 Å². The second-order valence-electron chi connectivity index (χ2n) is 3.94. The quantitative estimate of drug-likeness (QED) is 0.866. The van der Waals surface area contributed by atoms with Crippen molar-refractivity contribution >= 4 is 17.0 Å². The Kier molecular flexibility index (Phi) is 4.15. The van der Waals surface area contributed by atoms with Gasteiger partial charge in [-0.3, -0.25) is 0 Å². The summed E-state index contributed by atoms with van der Waals surface area (Å²) >= 11 is 1.79. The van der Waals surface area contributed by atoms with E-state index in [4.69, 9.17) is 0 Å². The van der Waals surface area contributed by atoms with Gasteiger partial charge >= 0.3 is 0 Å². The minimum absolute atomic E-state index is 0.870. The minimum atomic E-state index is 0.870. The average Bonchev–Trinajstić information content (AvgIpc) is 2.84. The van der Waals surface area contributed by atoms with Gasteiger partial charge in [-0.25, -0.2) is 4.98 Å². The van der Waals surface area contributed by atoms with Crippen molar-refractivity contribution in [2.24, 2.45) is 0 Å². The van der Waals surface area contributed by atoms with Gasteiger partial charge in [-0.1, -0.05) is 32.0 Å². The second-order valence-corrected chi connectivity index (χ2v) is 5.14. The number of hydrogen-bond acceptors (Lipinski definition) is 3. The number of nitrogens with one attached hydrogen (secondary N) is 1. The lowest BCUT2D eigenvalue weighted by atomic mass is 10.1. The van der Waals surface area contributed by atoms with Crippen molar-refractivity contribution in [3.63, 3.8) is 0 Å². The van der Waals surface area contributed by atoms with Crippen LogP contribution in [0.25, 0.3) is 0 Å². The van der Waals surface area contributed by atoms with Crippen molar-refractivity contribution in [3.05, 3.63) is 45.9 Å². The normalized spacial score (nSPS) is 10.5. The van der Waals surface area contributed by atoms with E-state index in [1.54, 1.807) is 11.3 Å². The van der Waals surface area contributed by atoms with Gasteiger partial charge in [-0.05, 0) is 24.5 Å². The zero-order valence-corrected chi connectivity index (χ0v) is 11.2. The summed E-state index contributed by atoms with van der Waals surface area (Å²) in [6, 6.07) is 8.48. The number of para-hydroxylation sites is 1. The molecule has 1 aromatic carbocycles. The molecule has 0 fully saturated rings. The van der Waals surface area contributed by atoms with Gasteiger partial charge in [-0.2, -0.15) is 0 Å². The van der Waals surface area contributed by atoms with Crippen molar-refractivity contribution in [1.29, 1.82) is 0 Å². The van der Waals surface area contributed by atoms with Crippen LogP contribution in [0.2, 0.25) is 0 Å². The summed E-state index contributed by atoms with van der Waals surface area (Å²) in [5.41, 5.74) is 2.61. The van der Waals surface area contributed by atoms with Crippen molar-refractivity contribution in [2.75, 3.05) is 5.32 Å². The van der Waals surface area contributed by atoms with Crippen LogP contribution < -0.4 is 5.32 Å². The molecule has 3 heteroatoms. The molecule has 1 N–H and O–H groups in total. The van der Waals surface area contributed by atoms with Gasteiger partial charge in [0.05, 0.1) is 11.6 Å². The van der Waals surface area contributed by atoms with E-state index in [1.165, 1.54) is 21.1 Å². The van der Waals surface area contributed by atoms with Gasteiger partial charge in [-0.15, -0.1) is 11.3 Å². The summed E-state index contributed by atoms with van der Waals surface area (Å²) in [5.74, 6) is 0. The zero-order chi connectivity index (χ0) is 12.1. The van der Waals surface area contributed by atoms with Crippen molar-refractivity contribution in [3.8, 4) is 0 Å². The number of anilines is 1. The number of benzene rings is 1. The first-order valence-corrected chi connectivity index (χ1v) is 6.90. The number of hydrogen-bond donors (Lipinski definition) is 1. The smallest absolute Gasteiger partial charge is 0.0925 e. The molecule has 1 heterocycles. The van der Waals surface area contributed by atoms with E-state index in [1.807, 2.05) is 6.20 Å². The first kappa shape index (κ1) is 12.1. The molecule has 0 saturated carbocycles. The van der Waals surface area contributed by atoms with E-state index in [0.29, 0.717) is 0 Å². The maximum absolute atomic E-state index is 4.37. The van der Waals surface area contributed by atoms with Crippen LogP contribution >= 0.6 is 11.3 Å². The molecular weight excluding hydrogens is 228 g/mol. The summed E-state index contributed by atoms with van der Waals surface area (Å²) < 4.78 is 0. The molecule has 1 aromatic heterocycles. The Morgan fingerprint density at radius 3 is 2.71 bits per heavy atom. The van der Waals surface area contributed by atoms with Crippen LogP contribution in [0, 0.1) is 0 Å². The molecule has 2 rings (SSSR count). The summed E-state index contributed by atoms with van der Waals surface area (Å²) in [5, 5.41) is 4.70. The minimum Gasteiger partial charge on any atom is -0.380 e. The molecule has 0 amide bonds. The van der Waals surface area contributed by atoms with Crippen LogP contribution in [0.3, 0.4) is 0 Å². The van der Waals surface area contributed by atoms with E-state index >= 15 is 0 Å². The summed E-state index contributed by atoms with van der Waals surface area (Å²) in [6.07, 6.45) is 4.06. The van der Waals surface area contributed by atoms with Crippen LogP contribution in [0.1, 0.15) is 29.3 Å². The highest BCUT2D eigenvalue weighted by Crippen LogP contribution is 2.19. The fourth-order valence-electron chi connectivity index (χ4n) is 1.78. The summed E-state index contributed by atoms with van der Waals surface area (Å²) in [7, 11) is 0. The molecule has 0 saturated heterocycles. The third-order valence-corrected chi connectivity index (χ3v) is 3.90. The molecule has 2 nitrogen and oxygen atoms in total. The fraction of sp³-hybridized carbons (Fsp3) is 0.357. The number of nitrogens with zero attached hydrogens (tertiary/aromatic N) is 1. The molecule has 90 valence electrons. The molecule has 0 aliphatic heterocycles. The number of aryl methyl sites for hydroxylation is 2. The van der Waals surface area contributed by atoms with Crippen molar-refractivity contribution < 1.29 is 0 Å². The molecular formula is C14H18N2S. The van der Waals surface area contributed by atoms with E-state index in [2.05, 4.69) is 48.4 Å². The Hall–Kier alpha value is -1.35. The van der Waals surface area contributed by atoms with Gasteiger partial charge in [0.25, 0.3) is 0 Å². The Morgan fingerprint density at radius 2 is 2.00 bits per heavy atom. The zero-order valence-electron chi connectivity index (χ0n) is 10.4. The lowest BCUT2D eigenvalue weighted by Crippen LogP contribution is -2.00. The summed E-state index contributed by atoms with van der Waals surface area (Å²) in [4.78, 5) is 5.67. The van der Waals surface area contributed by atoms with E-state index < -0.39 is 0 Å². The third kappa shape index (κ3) is 3.07. The largest absolute Gasteiger partial charge is 0.380 e. The Bertz CT molecular complexity index is 477. The Labute approximate surface area is 107 Å². The third-order valence-electron chi connectivity index (χ3n) is 2.76. The molecule has 0 radical (unpaired) electrons. The number of rotatable bonds is 5. The highest BCUT2D eigenvalue weighted by Gasteiger charge is 2.02. The SMILES string of the molecule is CCc1ncc(CNc2ccccc2CC)s1. The van der Waals surface area contributed by atoms with Crippen molar-refractivity contribution in [1.82, 2.24) is 4.98 Å². The molecule has 0 bridgehead atoms. The molecule has 0 aliphatic rings.